The number of amides is 1. The van der Waals surface area contributed by atoms with Gasteiger partial charge in [0.1, 0.15) is 0 Å². The van der Waals surface area contributed by atoms with Crippen molar-refractivity contribution in [2.75, 3.05) is 0 Å². The lowest BCUT2D eigenvalue weighted by Gasteiger charge is -2.18. The van der Waals surface area contributed by atoms with Crippen LogP contribution in [-0.2, 0) is 6.54 Å². The molecular formula is C12H21N3O2. The van der Waals surface area contributed by atoms with Crippen LogP contribution in [-0.4, -0.2) is 20.8 Å². The van der Waals surface area contributed by atoms with E-state index >= 15 is 0 Å². The second-order valence-corrected chi connectivity index (χ2v) is 5.06. The van der Waals surface area contributed by atoms with Gasteiger partial charge in [-0.2, -0.15) is 0 Å². The molecule has 5 heteroatoms. The summed E-state index contributed by atoms with van der Waals surface area (Å²) < 4.78 is 2.00. The first-order valence-corrected chi connectivity index (χ1v) is 5.91. The van der Waals surface area contributed by atoms with Gasteiger partial charge in [-0.15, -0.1) is 0 Å². The highest BCUT2D eigenvalue weighted by atomic mass is 16.4. The average Bonchev–Trinajstić information content (AvgIpc) is 2.60. The van der Waals surface area contributed by atoms with Gasteiger partial charge < -0.3 is 15.0 Å². The summed E-state index contributed by atoms with van der Waals surface area (Å²) in [5, 5.41) is 11.3. The molecular weight excluding hydrogens is 218 g/mol. The van der Waals surface area contributed by atoms with E-state index in [0.717, 1.165) is 12.2 Å². The summed E-state index contributed by atoms with van der Waals surface area (Å²) in [6.07, 6.45) is 2.66. The normalized spacial score (nSPS) is 13.1. The zero-order valence-electron chi connectivity index (χ0n) is 10.8. The molecule has 0 aliphatic heterocycles. The minimum Gasteiger partial charge on any atom is -0.465 e. The monoisotopic (exact) mass is 239 g/mol. The molecule has 2 N–H and O–H groups in total. The van der Waals surface area contributed by atoms with Crippen LogP contribution in [0.1, 0.15) is 39.4 Å². The van der Waals surface area contributed by atoms with Crippen LogP contribution in [0.3, 0.4) is 0 Å². The van der Waals surface area contributed by atoms with Crippen molar-refractivity contribution in [3.05, 3.63) is 18.2 Å². The van der Waals surface area contributed by atoms with E-state index in [9.17, 15) is 4.79 Å². The number of aromatic nitrogens is 2. The van der Waals surface area contributed by atoms with Gasteiger partial charge in [0.2, 0.25) is 0 Å². The minimum absolute atomic E-state index is 0.175. The maximum absolute atomic E-state index is 10.7. The van der Waals surface area contributed by atoms with E-state index in [1.54, 1.807) is 6.33 Å². The number of hydrogen-bond donors (Lipinski definition) is 2. The highest BCUT2D eigenvalue weighted by molar-refractivity contribution is 5.65. The summed E-state index contributed by atoms with van der Waals surface area (Å²) in [5.41, 5.74) is 0.781. The lowest BCUT2D eigenvalue weighted by atomic mass is 10.0. The zero-order chi connectivity index (χ0) is 13.0. The number of imidazole rings is 1. The lowest BCUT2D eigenvalue weighted by molar-refractivity contribution is 0.185. The van der Waals surface area contributed by atoms with Crippen molar-refractivity contribution in [2.24, 2.45) is 11.8 Å². The molecule has 1 unspecified atom stereocenters. The van der Waals surface area contributed by atoms with Gasteiger partial charge >= 0.3 is 6.09 Å². The standard InChI is InChI=1S/C12H21N3O2/c1-8(2)5-15-6-10(13-7-15)11(9(3)4)14-12(16)17/h6-9,11,14H,5H2,1-4H3,(H,16,17). The summed E-state index contributed by atoms with van der Waals surface area (Å²) in [5.74, 6) is 0.718. The van der Waals surface area contributed by atoms with Gasteiger partial charge in [0.15, 0.2) is 0 Å². The Morgan fingerprint density at radius 2 is 2.12 bits per heavy atom. The summed E-state index contributed by atoms with van der Waals surface area (Å²) in [7, 11) is 0. The Morgan fingerprint density at radius 1 is 1.47 bits per heavy atom. The molecule has 1 aromatic rings. The highest BCUT2D eigenvalue weighted by Crippen LogP contribution is 2.20. The number of carboxylic acid groups (broad SMARTS) is 1. The third kappa shape index (κ3) is 4.09. The van der Waals surface area contributed by atoms with Crippen LogP contribution >= 0.6 is 0 Å². The molecule has 5 nitrogen and oxygen atoms in total. The van der Waals surface area contributed by atoms with Gasteiger partial charge in [0, 0.05) is 12.7 Å². The van der Waals surface area contributed by atoms with Crippen LogP contribution in [0.15, 0.2) is 12.5 Å². The molecule has 1 rings (SSSR count). The van der Waals surface area contributed by atoms with Crippen LogP contribution in [0, 0.1) is 11.8 Å². The second-order valence-electron chi connectivity index (χ2n) is 5.06. The van der Waals surface area contributed by atoms with Gasteiger partial charge in [-0.05, 0) is 11.8 Å². The van der Waals surface area contributed by atoms with E-state index in [-0.39, 0.29) is 12.0 Å². The van der Waals surface area contributed by atoms with Crippen molar-refractivity contribution < 1.29 is 9.90 Å². The lowest BCUT2D eigenvalue weighted by Crippen LogP contribution is -2.30. The Kier molecular flexibility index (Phi) is 4.54. The minimum atomic E-state index is -1.01. The average molecular weight is 239 g/mol. The number of rotatable bonds is 5. The number of nitrogens with one attached hydrogen (secondary N) is 1. The fourth-order valence-corrected chi connectivity index (χ4v) is 1.77. The molecule has 0 aliphatic carbocycles. The van der Waals surface area contributed by atoms with E-state index in [0.29, 0.717) is 5.92 Å². The molecule has 0 radical (unpaired) electrons. The molecule has 1 heterocycles. The van der Waals surface area contributed by atoms with Crippen molar-refractivity contribution >= 4 is 6.09 Å². The van der Waals surface area contributed by atoms with Crippen LogP contribution in [0.2, 0.25) is 0 Å². The fraction of sp³-hybridized carbons (Fsp3) is 0.667. The van der Waals surface area contributed by atoms with Gasteiger partial charge in [0.25, 0.3) is 0 Å². The van der Waals surface area contributed by atoms with Crippen molar-refractivity contribution in [1.82, 2.24) is 14.9 Å². The summed E-state index contributed by atoms with van der Waals surface area (Å²) in [4.78, 5) is 15.0. The molecule has 0 saturated carbocycles. The van der Waals surface area contributed by atoms with E-state index in [1.807, 2.05) is 24.6 Å². The molecule has 0 aliphatic rings. The second kappa shape index (κ2) is 5.70. The fourth-order valence-electron chi connectivity index (χ4n) is 1.77. The maximum Gasteiger partial charge on any atom is 0.405 e. The highest BCUT2D eigenvalue weighted by Gasteiger charge is 2.20. The van der Waals surface area contributed by atoms with Crippen molar-refractivity contribution in [3.63, 3.8) is 0 Å². The molecule has 0 bridgehead atoms. The van der Waals surface area contributed by atoms with E-state index in [1.165, 1.54) is 0 Å². The van der Waals surface area contributed by atoms with Crippen LogP contribution in [0.4, 0.5) is 4.79 Å². The number of carbonyl (C=O) groups is 1. The molecule has 1 atom stereocenters. The zero-order valence-corrected chi connectivity index (χ0v) is 10.8. The van der Waals surface area contributed by atoms with Crippen molar-refractivity contribution in [2.45, 2.75) is 40.3 Å². The summed E-state index contributed by atoms with van der Waals surface area (Å²) in [6, 6.07) is -0.249. The number of hydrogen-bond acceptors (Lipinski definition) is 2. The van der Waals surface area contributed by atoms with Crippen LogP contribution < -0.4 is 5.32 Å². The first-order chi connectivity index (χ1) is 7.90. The van der Waals surface area contributed by atoms with Gasteiger partial charge in [-0.3, -0.25) is 0 Å². The molecule has 1 aromatic heterocycles. The molecule has 0 spiro atoms. The Balaban J connectivity index is 2.80. The molecule has 0 aromatic carbocycles. The predicted octanol–water partition coefficient (Wildman–Crippen LogP) is 2.50. The van der Waals surface area contributed by atoms with Crippen LogP contribution in [0.5, 0.6) is 0 Å². The third-order valence-corrected chi connectivity index (χ3v) is 2.49. The Labute approximate surface area is 102 Å². The first-order valence-electron chi connectivity index (χ1n) is 5.91. The smallest absolute Gasteiger partial charge is 0.405 e. The largest absolute Gasteiger partial charge is 0.465 e. The topological polar surface area (TPSA) is 67.2 Å². The van der Waals surface area contributed by atoms with E-state index < -0.39 is 6.09 Å². The van der Waals surface area contributed by atoms with Gasteiger partial charge in [0.05, 0.1) is 18.1 Å². The maximum atomic E-state index is 10.7. The summed E-state index contributed by atoms with van der Waals surface area (Å²) >= 11 is 0. The molecule has 1 amide bonds. The predicted molar refractivity (Wildman–Crippen MR) is 65.8 cm³/mol. The Bertz CT molecular complexity index is 372. The molecule has 0 fully saturated rings. The third-order valence-electron chi connectivity index (χ3n) is 2.49. The van der Waals surface area contributed by atoms with Crippen molar-refractivity contribution in [3.8, 4) is 0 Å². The Hall–Kier alpha value is -1.52. The first kappa shape index (κ1) is 13.5. The van der Waals surface area contributed by atoms with Gasteiger partial charge in [-0.25, -0.2) is 9.78 Å². The Morgan fingerprint density at radius 3 is 2.59 bits per heavy atom. The van der Waals surface area contributed by atoms with Crippen molar-refractivity contribution in [1.29, 1.82) is 0 Å². The van der Waals surface area contributed by atoms with E-state index in [4.69, 9.17) is 5.11 Å². The van der Waals surface area contributed by atoms with Gasteiger partial charge in [-0.1, -0.05) is 27.7 Å². The number of nitrogens with zero attached hydrogens (tertiary/aromatic N) is 2. The van der Waals surface area contributed by atoms with Crippen LogP contribution in [0.25, 0.3) is 0 Å². The molecule has 0 saturated heterocycles. The SMILES string of the molecule is CC(C)Cn1cnc(C(NC(=O)O)C(C)C)c1. The molecule has 96 valence electrons. The van der Waals surface area contributed by atoms with E-state index in [2.05, 4.69) is 24.1 Å². The summed E-state index contributed by atoms with van der Waals surface area (Å²) in [6.45, 7) is 9.11. The molecule has 17 heavy (non-hydrogen) atoms. The quantitative estimate of drug-likeness (QED) is 0.829.